The minimum Gasteiger partial charge on any atom is -0.462 e. The molecule has 0 aromatic carbocycles. The minimum atomic E-state index is -0.785. The first-order chi connectivity index (χ1) is 33.6. The fourth-order valence-corrected chi connectivity index (χ4v) is 7.29. The normalized spacial score (nSPS) is 13.3. The highest BCUT2D eigenvalue weighted by molar-refractivity contribution is 5.70. The van der Waals surface area contributed by atoms with Gasteiger partial charge < -0.3 is 14.6 Å². The summed E-state index contributed by atoms with van der Waals surface area (Å²) < 4.78 is 10.6. The van der Waals surface area contributed by atoms with Gasteiger partial charge in [-0.3, -0.25) is 9.59 Å². The van der Waals surface area contributed by atoms with E-state index in [-0.39, 0.29) is 25.2 Å². The van der Waals surface area contributed by atoms with Crippen LogP contribution in [0.25, 0.3) is 0 Å². The van der Waals surface area contributed by atoms with Crippen molar-refractivity contribution in [3.05, 3.63) is 134 Å². The number of hydrogen-bond donors (Lipinski definition) is 1. The molecular formula is C63H102O5. The summed E-state index contributed by atoms with van der Waals surface area (Å²) in [5, 5.41) is 9.61. The highest BCUT2D eigenvalue weighted by Gasteiger charge is 2.16. The molecule has 0 aliphatic rings. The Morgan fingerprint density at radius 2 is 0.632 bits per heavy atom. The van der Waals surface area contributed by atoms with Gasteiger partial charge in [0.15, 0.2) is 6.10 Å². The number of rotatable bonds is 49. The molecule has 0 rings (SSSR count). The van der Waals surface area contributed by atoms with Crippen LogP contribution in [-0.2, 0) is 19.1 Å². The molecule has 1 atom stereocenters. The van der Waals surface area contributed by atoms with Crippen LogP contribution in [0.5, 0.6) is 0 Å². The van der Waals surface area contributed by atoms with E-state index in [1.54, 1.807) is 0 Å². The van der Waals surface area contributed by atoms with Crippen LogP contribution in [0.15, 0.2) is 134 Å². The van der Waals surface area contributed by atoms with Gasteiger partial charge in [-0.05, 0) is 109 Å². The maximum Gasteiger partial charge on any atom is 0.306 e. The molecule has 0 aliphatic carbocycles. The molecule has 5 nitrogen and oxygen atoms in total. The van der Waals surface area contributed by atoms with Crippen molar-refractivity contribution in [3.8, 4) is 0 Å². The van der Waals surface area contributed by atoms with Crippen LogP contribution < -0.4 is 0 Å². The molecule has 5 heteroatoms. The number of esters is 2. The van der Waals surface area contributed by atoms with Crippen molar-refractivity contribution < 1.29 is 24.2 Å². The number of ether oxygens (including phenoxy) is 2. The monoisotopic (exact) mass is 939 g/mol. The van der Waals surface area contributed by atoms with Crippen molar-refractivity contribution in [1.82, 2.24) is 0 Å². The lowest BCUT2D eigenvalue weighted by atomic mass is 10.0. The van der Waals surface area contributed by atoms with Gasteiger partial charge in [-0.25, -0.2) is 0 Å². The van der Waals surface area contributed by atoms with Crippen LogP contribution in [-0.4, -0.2) is 36.4 Å². The van der Waals surface area contributed by atoms with Gasteiger partial charge in [0, 0.05) is 12.8 Å². The lowest BCUT2D eigenvalue weighted by Crippen LogP contribution is -2.28. The number of allylic oxidation sites excluding steroid dienone is 22. The molecule has 0 amide bonds. The summed E-state index contributed by atoms with van der Waals surface area (Å²) in [5.74, 6) is -0.614. The van der Waals surface area contributed by atoms with E-state index < -0.39 is 6.10 Å². The molecule has 0 saturated heterocycles. The van der Waals surface area contributed by atoms with Crippen LogP contribution >= 0.6 is 0 Å². The molecule has 384 valence electrons. The van der Waals surface area contributed by atoms with Crippen molar-refractivity contribution in [2.45, 2.75) is 238 Å². The average molecular weight is 940 g/mol. The number of aliphatic hydroxyl groups excluding tert-OH is 1. The van der Waals surface area contributed by atoms with Gasteiger partial charge in [0.05, 0.1) is 6.61 Å². The number of unbranched alkanes of at least 4 members (excludes halogenated alkanes) is 19. The zero-order valence-corrected chi connectivity index (χ0v) is 43.8. The third-order valence-corrected chi connectivity index (χ3v) is 11.4. The van der Waals surface area contributed by atoms with Gasteiger partial charge in [-0.15, -0.1) is 0 Å². The lowest BCUT2D eigenvalue weighted by Gasteiger charge is -2.15. The molecule has 1 N–H and O–H groups in total. The highest BCUT2D eigenvalue weighted by Crippen LogP contribution is 2.15. The van der Waals surface area contributed by atoms with Crippen molar-refractivity contribution in [1.29, 1.82) is 0 Å². The molecule has 1 unspecified atom stereocenters. The maximum absolute atomic E-state index is 12.3. The first kappa shape index (κ1) is 64.0. The SMILES string of the molecule is CC/C=C\C/C=C\C/C=C\C/C=C\C/C=C\C/C=C\C/C=C\C/C=C\C/C=C\CCCCCCCCCCCCCCCC(=O)OC(CO)COC(=O)CCCCCCC/C=C\C/C=C\CCC. The summed E-state index contributed by atoms with van der Waals surface area (Å²) in [6.07, 6.45) is 85.7. The first-order valence-electron chi connectivity index (χ1n) is 27.7. The molecule has 0 aliphatic heterocycles. The van der Waals surface area contributed by atoms with Crippen LogP contribution in [0, 0.1) is 0 Å². The van der Waals surface area contributed by atoms with E-state index >= 15 is 0 Å². The summed E-state index contributed by atoms with van der Waals surface area (Å²) in [5.41, 5.74) is 0. The largest absolute Gasteiger partial charge is 0.462 e. The molecule has 0 heterocycles. The summed E-state index contributed by atoms with van der Waals surface area (Å²) in [4.78, 5) is 24.4. The molecule has 0 spiro atoms. The fourth-order valence-electron chi connectivity index (χ4n) is 7.29. The van der Waals surface area contributed by atoms with E-state index in [1.807, 2.05) is 0 Å². The Morgan fingerprint density at radius 1 is 0.353 bits per heavy atom. The Hall–Kier alpha value is -3.96. The average Bonchev–Trinajstić information content (AvgIpc) is 3.34. The molecule has 0 saturated carbocycles. The van der Waals surface area contributed by atoms with E-state index in [0.29, 0.717) is 12.8 Å². The molecule has 68 heavy (non-hydrogen) atoms. The van der Waals surface area contributed by atoms with Crippen LogP contribution in [0.1, 0.15) is 232 Å². The summed E-state index contributed by atoms with van der Waals surface area (Å²) in [6, 6.07) is 0. The molecular weight excluding hydrogens is 837 g/mol. The second-order valence-corrected chi connectivity index (χ2v) is 17.9. The zero-order chi connectivity index (χ0) is 49.2. The van der Waals surface area contributed by atoms with E-state index in [4.69, 9.17) is 9.47 Å². The van der Waals surface area contributed by atoms with E-state index in [0.717, 1.165) is 116 Å². The van der Waals surface area contributed by atoms with Crippen LogP contribution in [0.4, 0.5) is 0 Å². The molecule has 0 fully saturated rings. The van der Waals surface area contributed by atoms with E-state index in [9.17, 15) is 14.7 Å². The van der Waals surface area contributed by atoms with Gasteiger partial charge in [-0.2, -0.15) is 0 Å². The maximum atomic E-state index is 12.3. The Bertz CT molecular complexity index is 1430. The topological polar surface area (TPSA) is 72.8 Å². The van der Waals surface area contributed by atoms with Crippen molar-refractivity contribution in [2.24, 2.45) is 0 Å². The Kier molecular flexibility index (Phi) is 54.0. The lowest BCUT2D eigenvalue weighted by molar-refractivity contribution is -0.161. The Balaban J connectivity index is 3.55. The van der Waals surface area contributed by atoms with Gasteiger partial charge in [0.25, 0.3) is 0 Å². The zero-order valence-electron chi connectivity index (χ0n) is 43.8. The highest BCUT2D eigenvalue weighted by atomic mass is 16.6. The minimum absolute atomic E-state index is 0.0789. The predicted octanol–water partition coefficient (Wildman–Crippen LogP) is 18.9. The first-order valence-corrected chi connectivity index (χ1v) is 27.7. The number of hydrogen-bond acceptors (Lipinski definition) is 5. The van der Waals surface area contributed by atoms with Crippen molar-refractivity contribution in [3.63, 3.8) is 0 Å². The fraction of sp³-hybridized carbons (Fsp3) is 0.619. The van der Waals surface area contributed by atoms with Crippen molar-refractivity contribution >= 4 is 11.9 Å². The van der Waals surface area contributed by atoms with E-state index in [1.165, 1.54) is 89.9 Å². The van der Waals surface area contributed by atoms with Gasteiger partial charge in [0.2, 0.25) is 0 Å². The summed E-state index contributed by atoms with van der Waals surface area (Å²) in [7, 11) is 0. The smallest absolute Gasteiger partial charge is 0.306 e. The third kappa shape index (κ3) is 54.6. The summed E-state index contributed by atoms with van der Waals surface area (Å²) >= 11 is 0. The second kappa shape index (κ2) is 57.4. The third-order valence-electron chi connectivity index (χ3n) is 11.4. The molecule has 0 radical (unpaired) electrons. The predicted molar refractivity (Wildman–Crippen MR) is 297 cm³/mol. The molecule has 0 bridgehead atoms. The van der Waals surface area contributed by atoms with Crippen LogP contribution in [0.3, 0.4) is 0 Å². The quantitative estimate of drug-likeness (QED) is 0.0374. The number of carbonyl (C=O) groups is 2. The van der Waals surface area contributed by atoms with E-state index in [2.05, 4.69) is 148 Å². The second-order valence-electron chi connectivity index (χ2n) is 17.9. The Labute approximate surface area is 419 Å². The van der Waals surface area contributed by atoms with Crippen molar-refractivity contribution in [2.75, 3.05) is 13.2 Å². The Morgan fingerprint density at radius 3 is 0.956 bits per heavy atom. The standard InChI is InChI=1S/C63H102O5/c1-3-5-7-9-11-13-15-17-18-19-20-21-22-23-24-25-26-27-28-29-30-31-32-33-34-35-36-37-38-39-40-41-42-43-44-46-48-50-52-54-56-58-63(66)68-61(59-64)60-67-62(65)57-55-53-51-49-47-45-16-14-12-10-8-6-4-2/h5,7-8,10-11,13-14,16-18,20-21,23-24,26-27,29-30,32-33,35-36,61,64H,3-4,6,9,12,15,19,22,25,28,31,34,37-60H2,1-2H3/b7-5-,10-8-,13-11-,16-14-,18-17-,21-20-,24-23-,27-26-,30-29-,33-32-,36-35-. The number of carbonyl (C=O) groups excluding carboxylic acids is 2. The number of aliphatic hydroxyl groups is 1. The van der Waals surface area contributed by atoms with Gasteiger partial charge >= 0.3 is 11.9 Å². The molecule has 0 aromatic rings. The molecule has 0 aromatic heterocycles. The van der Waals surface area contributed by atoms with Gasteiger partial charge in [-0.1, -0.05) is 244 Å². The van der Waals surface area contributed by atoms with Crippen LogP contribution in [0.2, 0.25) is 0 Å². The summed E-state index contributed by atoms with van der Waals surface area (Å²) in [6.45, 7) is 3.94. The van der Waals surface area contributed by atoms with Gasteiger partial charge in [0.1, 0.15) is 6.61 Å².